The summed E-state index contributed by atoms with van der Waals surface area (Å²) in [4.78, 5) is 10.8. The summed E-state index contributed by atoms with van der Waals surface area (Å²) in [5.41, 5.74) is 0.493. The van der Waals surface area contributed by atoms with E-state index in [0.717, 1.165) is 10.2 Å². The first-order valence-electron chi connectivity index (χ1n) is 5.59. The molecule has 0 saturated carbocycles. The molecule has 1 aromatic carbocycles. The van der Waals surface area contributed by atoms with Crippen molar-refractivity contribution in [2.75, 3.05) is 6.61 Å². The Balaban J connectivity index is 1.94. The highest BCUT2D eigenvalue weighted by Crippen LogP contribution is 2.17. The van der Waals surface area contributed by atoms with Crippen molar-refractivity contribution in [2.45, 2.75) is 13.5 Å². The molecule has 0 unspecified atom stereocenters. The van der Waals surface area contributed by atoms with Crippen LogP contribution in [0.4, 0.5) is 0 Å². The fourth-order valence-corrected chi connectivity index (χ4v) is 1.96. The molecule has 7 heteroatoms. The zero-order valence-electron chi connectivity index (χ0n) is 10.2. The molecule has 1 heterocycles. The molecule has 0 aliphatic heterocycles. The van der Waals surface area contributed by atoms with E-state index in [1.165, 1.54) is 4.68 Å². The maximum absolute atomic E-state index is 10.8. The van der Waals surface area contributed by atoms with Crippen molar-refractivity contribution in [1.29, 1.82) is 0 Å². The highest BCUT2D eigenvalue weighted by molar-refractivity contribution is 9.10. The van der Waals surface area contributed by atoms with Crippen LogP contribution in [0.2, 0.25) is 0 Å². The van der Waals surface area contributed by atoms with Crippen LogP contribution in [0.5, 0.6) is 5.75 Å². The normalized spacial score (nSPS) is 10.4. The number of aromatic nitrogens is 3. The summed E-state index contributed by atoms with van der Waals surface area (Å²) >= 11 is 3.36. The van der Waals surface area contributed by atoms with E-state index in [-0.39, 0.29) is 5.69 Å². The number of hydrogen-bond acceptors (Lipinski definition) is 4. The van der Waals surface area contributed by atoms with Crippen LogP contribution in [-0.2, 0) is 6.54 Å². The second-order valence-electron chi connectivity index (χ2n) is 3.86. The predicted molar refractivity (Wildman–Crippen MR) is 71.4 cm³/mol. The van der Waals surface area contributed by atoms with Crippen molar-refractivity contribution in [3.63, 3.8) is 0 Å². The standard InChI is InChI=1S/C12H12BrN3O3/c1-8-11(12(17)18)14-15-16(8)5-6-19-10-4-2-3-9(13)7-10/h2-4,7H,5-6H2,1H3,(H,17,18). The van der Waals surface area contributed by atoms with Crippen molar-refractivity contribution in [3.05, 3.63) is 40.1 Å². The van der Waals surface area contributed by atoms with Crippen LogP contribution in [0.15, 0.2) is 28.7 Å². The Labute approximate surface area is 118 Å². The lowest BCUT2D eigenvalue weighted by Crippen LogP contribution is -2.11. The average molecular weight is 326 g/mol. The van der Waals surface area contributed by atoms with Crippen LogP contribution in [0.3, 0.4) is 0 Å². The number of aromatic carboxylic acids is 1. The molecule has 0 aliphatic carbocycles. The Bertz CT molecular complexity index is 598. The van der Waals surface area contributed by atoms with Gasteiger partial charge >= 0.3 is 5.97 Å². The number of nitrogens with zero attached hydrogens (tertiary/aromatic N) is 3. The monoisotopic (exact) mass is 325 g/mol. The van der Waals surface area contributed by atoms with Gasteiger partial charge in [-0.05, 0) is 25.1 Å². The molecule has 0 amide bonds. The quantitative estimate of drug-likeness (QED) is 0.911. The molecule has 0 spiro atoms. The molecule has 2 rings (SSSR count). The third-order valence-electron chi connectivity index (χ3n) is 2.55. The maximum Gasteiger partial charge on any atom is 0.358 e. The number of rotatable bonds is 5. The second-order valence-corrected chi connectivity index (χ2v) is 4.77. The largest absolute Gasteiger partial charge is 0.492 e. The van der Waals surface area contributed by atoms with Crippen molar-refractivity contribution < 1.29 is 14.6 Å². The van der Waals surface area contributed by atoms with Gasteiger partial charge in [-0.2, -0.15) is 0 Å². The Morgan fingerprint density at radius 1 is 1.53 bits per heavy atom. The lowest BCUT2D eigenvalue weighted by atomic mass is 10.3. The predicted octanol–water partition coefficient (Wildman–Crippen LogP) is 2.13. The molecule has 1 aromatic heterocycles. The molecule has 2 aromatic rings. The van der Waals surface area contributed by atoms with Crippen LogP contribution < -0.4 is 4.74 Å². The molecule has 0 fully saturated rings. The summed E-state index contributed by atoms with van der Waals surface area (Å²) in [7, 11) is 0. The fourth-order valence-electron chi connectivity index (χ4n) is 1.58. The molecular formula is C12H12BrN3O3. The van der Waals surface area contributed by atoms with Gasteiger partial charge in [0.1, 0.15) is 12.4 Å². The van der Waals surface area contributed by atoms with E-state index in [9.17, 15) is 4.79 Å². The molecule has 100 valence electrons. The minimum absolute atomic E-state index is 0.0255. The number of carboxylic acids is 1. The van der Waals surface area contributed by atoms with Gasteiger partial charge in [-0.25, -0.2) is 9.48 Å². The van der Waals surface area contributed by atoms with Gasteiger partial charge in [0.25, 0.3) is 0 Å². The Kier molecular flexibility index (Phi) is 4.16. The topological polar surface area (TPSA) is 77.2 Å². The average Bonchev–Trinajstić information content (AvgIpc) is 2.71. The van der Waals surface area contributed by atoms with Gasteiger partial charge in [-0.3, -0.25) is 0 Å². The van der Waals surface area contributed by atoms with E-state index in [4.69, 9.17) is 9.84 Å². The minimum Gasteiger partial charge on any atom is -0.492 e. The van der Waals surface area contributed by atoms with Crippen molar-refractivity contribution in [3.8, 4) is 5.75 Å². The van der Waals surface area contributed by atoms with E-state index in [2.05, 4.69) is 26.2 Å². The Morgan fingerprint density at radius 2 is 2.32 bits per heavy atom. The van der Waals surface area contributed by atoms with Gasteiger partial charge in [-0.15, -0.1) is 5.10 Å². The van der Waals surface area contributed by atoms with Gasteiger partial charge in [-0.1, -0.05) is 27.2 Å². The van der Waals surface area contributed by atoms with Gasteiger partial charge in [0.05, 0.1) is 12.2 Å². The van der Waals surface area contributed by atoms with Crippen molar-refractivity contribution in [2.24, 2.45) is 0 Å². The zero-order chi connectivity index (χ0) is 13.8. The number of hydrogen-bond donors (Lipinski definition) is 1. The lowest BCUT2D eigenvalue weighted by Gasteiger charge is -2.07. The highest BCUT2D eigenvalue weighted by Gasteiger charge is 2.14. The number of carboxylic acid groups (broad SMARTS) is 1. The van der Waals surface area contributed by atoms with E-state index in [1.54, 1.807) is 6.92 Å². The SMILES string of the molecule is Cc1c(C(=O)O)nnn1CCOc1cccc(Br)c1. The zero-order valence-corrected chi connectivity index (χ0v) is 11.8. The molecule has 0 atom stereocenters. The van der Waals surface area contributed by atoms with Crippen molar-refractivity contribution in [1.82, 2.24) is 15.0 Å². The summed E-state index contributed by atoms with van der Waals surface area (Å²) in [6.07, 6.45) is 0. The molecule has 0 aliphatic rings. The fraction of sp³-hybridized carbons (Fsp3) is 0.250. The van der Waals surface area contributed by atoms with Crippen LogP contribution in [-0.4, -0.2) is 32.7 Å². The Hall–Kier alpha value is -1.89. The number of ether oxygens (including phenoxy) is 1. The smallest absolute Gasteiger partial charge is 0.358 e. The maximum atomic E-state index is 10.8. The molecular weight excluding hydrogens is 314 g/mol. The van der Waals surface area contributed by atoms with Crippen LogP contribution in [0.25, 0.3) is 0 Å². The molecule has 0 bridgehead atoms. The van der Waals surface area contributed by atoms with E-state index < -0.39 is 5.97 Å². The molecule has 0 radical (unpaired) electrons. The Morgan fingerprint density at radius 3 is 2.95 bits per heavy atom. The third-order valence-corrected chi connectivity index (χ3v) is 3.05. The molecule has 0 saturated heterocycles. The summed E-state index contributed by atoms with van der Waals surface area (Å²) in [5, 5.41) is 16.2. The van der Waals surface area contributed by atoms with E-state index in [1.807, 2.05) is 24.3 Å². The number of benzene rings is 1. The summed E-state index contributed by atoms with van der Waals surface area (Å²) < 4.78 is 8.00. The highest BCUT2D eigenvalue weighted by atomic mass is 79.9. The van der Waals surface area contributed by atoms with Crippen LogP contribution >= 0.6 is 15.9 Å². The minimum atomic E-state index is -1.07. The first kappa shape index (κ1) is 13.5. The molecule has 6 nitrogen and oxygen atoms in total. The molecule has 1 N–H and O–H groups in total. The van der Waals surface area contributed by atoms with E-state index in [0.29, 0.717) is 18.8 Å². The van der Waals surface area contributed by atoms with Gasteiger partial charge in [0.15, 0.2) is 5.69 Å². The van der Waals surface area contributed by atoms with Gasteiger partial charge < -0.3 is 9.84 Å². The second kappa shape index (κ2) is 5.83. The van der Waals surface area contributed by atoms with E-state index >= 15 is 0 Å². The van der Waals surface area contributed by atoms with Crippen LogP contribution in [0, 0.1) is 6.92 Å². The van der Waals surface area contributed by atoms with Crippen LogP contribution in [0.1, 0.15) is 16.2 Å². The third kappa shape index (κ3) is 3.31. The summed E-state index contributed by atoms with van der Waals surface area (Å²) in [6, 6.07) is 7.49. The molecule has 19 heavy (non-hydrogen) atoms. The first-order chi connectivity index (χ1) is 9.08. The van der Waals surface area contributed by atoms with Gasteiger partial charge in [0.2, 0.25) is 0 Å². The number of carbonyl (C=O) groups is 1. The van der Waals surface area contributed by atoms with Crippen molar-refractivity contribution >= 4 is 21.9 Å². The summed E-state index contributed by atoms with van der Waals surface area (Å²) in [6.45, 7) is 2.50. The summed E-state index contributed by atoms with van der Waals surface area (Å²) in [5.74, 6) is -0.331. The van der Waals surface area contributed by atoms with Gasteiger partial charge in [0, 0.05) is 4.47 Å². The lowest BCUT2D eigenvalue weighted by molar-refractivity contribution is 0.0689. The number of halogens is 1. The first-order valence-corrected chi connectivity index (χ1v) is 6.39.